The molecule has 0 saturated carbocycles. The van der Waals surface area contributed by atoms with Crippen molar-refractivity contribution in [2.75, 3.05) is 33.3 Å². The third-order valence-electron chi connectivity index (χ3n) is 5.22. The fraction of sp³-hybridized carbons (Fsp3) is 0.417. The van der Waals surface area contributed by atoms with Crippen LogP contribution in [0.3, 0.4) is 0 Å². The molecule has 0 aromatic heterocycles. The van der Waals surface area contributed by atoms with Crippen LogP contribution in [0.2, 0.25) is 0 Å². The number of hydrogen-bond donors (Lipinski definition) is 1. The Morgan fingerprint density at radius 3 is 2.52 bits per heavy atom. The van der Waals surface area contributed by atoms with Gasteiger partial charge in [0, 0.05) is 39.6 Å². The van der Waals surface area contributed by atoms with Crippen molar-refractivity contribution in [3.63, 3.8) is 0 Å². The zero-order chi connectivity index (χ0) is 22.1. The third-order valence-corrected chi connectivity index (χ3v) is 5.22. The van der Waals surface area contributed by atoms with Gasteiger partial charge in [0.1, 0.15) is 6.61 Å². The van der Waals surface area contributed by atoms with Gasteiger partial charge in [0.25, 0.3) is 0 Å². The van der Waals surface area contributed by atoms with E-state index in [0.29, 0.717) is 45.6 Å². The predicted octanol–water partition coefficient (Wildman–Crippen LogP) is 3.42. The molecule has 166 valence electrons. The van der Waals surface area contributed by atoms with Crippen LogP contribution < -0.4 is 10.1 Å². The van der Waals surface area contributed by atoms with Gasteiger partial charge in [-0.15, -0.1) is 0 Å². The summed E-state index contributed by atoms with van der Waals surface area (Å²) in [6, 6.07) is 14.6. The summed E-state index contributed by atoms with van der Waals surface area (Å²) in [6.07, 6.45) is 1.18. The van der Waals surface area contributed by atoms with E-state index in [1.54, 1.807) is 18.2 Å². The maximum atomic E-state index is 13.6. The van der Waals surface area contributed by atoms with E-state index in [2.05, 4.69) is 22.4 Å². The minimum absolute atomic E-state index is 0.169. The Bertz CT molecular complexity index is 878. The number of halogens is 1. The Labute approximate surface area is 183 Å². The van der Waals surface area contributed by atoms with E-state index in [1.165, 1.54) is 17.2 Å². The first-order valence-corrected chi connectivity index (χ1v) is 10.8. The summed E-state index contributed by atoms with van der Waals surface area (Å²) < 4.78 is 19.2. The summed E-state index contributed by atoms with van der Waals surface area (Å²) in [5, 5.41) is 3.25. The number of nitrogens with one attached hydrogen (secondary N) is 1. The van der Waals surface area contributed by atoms with Crippen molar-refractivity contribution in [1.29, 1.82) is 0 Å². The van der Waals surface area contributed by atoms with Crippen molar-refractivity contribution in [3.8, 4) is 5.75 Å². The Kier molecular flexibility index (Phi) is 8.27. The fourth-order valence-corrected chi connectivity index (χ4v) is 3.51. The van der Waals surface area contributed by atoms with Gasteiger partial charge in [-0.05, 0) is 36.6 Å². The molecular weight excluding hydrogens is 395 g/mol. The number of rotatable bonds is 9. The monoisotopic (exact) mass is 426 g/mol. The third kappa shape index (κ3) is 6.44. The smallest absolute Gasteiger partial charge is 0.223 e. The molecule has 0 saturated heterocycles. The van der Waals surface area contributed by atoms with Crippen molar-refractivity contribution in [3.05, 3.63) is 65.5 Å². The maximum absolute atomic E-state index is 13.6. The van der Waals surface area contributed by atoms with Crippen molar-refractivity contribution < 1.29 is 13.9 Å². The lowest BCUT2D eigenvalue weighted by atomic mass is 10.1. The van der Waals surface area contributed by atoms with E-state index in [9.17, 15) is 9.18 Å². The van der Waals surface area contributed by atoms with Gasteiger partial charge in [0.2, 0.25) is 5.91 Å². The predicted molar refractivity (Wildman–Crippen MR) is 120 cm³/mol. The second kappa shape index (κ2) is 11.3. The van der Waals surface area contributed by atoms with Gasteiger partial charge in [-0.3, -0.25) is 9.79 Å². The second-order valence-electron chi connectivity index (χ2n) is 7.56. The lowest BCUT2D eigenvalue weighted by molar-refractivity contribution is -0.131. The molecule has 0 fully saturated rings. The first-order chi connectivity index (χ1) is 15.1. The minimum Gasteiger partial charge on any atom is -0.489 e. The van der Waals surface area contributed by atoms with Gasteiger partial charge in [-0.2, -0.15) is 0 Å². The molecule has 1 amide bonds. The molecule has 1 aliphatic heterocycles. The van der Waals surface area contributed by atoms with Crippen LogP contribution in [0, 0.1) is 5.82 Å². The molecule has 0 unspecified atom stereocenters. The first kappa shape index (κ1) is 22.6. The summed E-state index contributed by atoms with van der Waals surface area (Å²) in [4.78, 5) is 21.0. The average Bonchev–Trinajstić information content (AvgIpc) is 3.21. The van der Waals surface area contributed by atoms with Crippen LogP contribution >= 0.6 is 0 Å². The molecule has 2 aromatic rings. The number of carbonyl (C=O) groups is 1. The van der Waals surface area contributed by atoms with Gasteiger partial charge in [-0.25, -0.2) is 4.39 Å². The number of aliphatic imine (C=N–C) groups is 1. The van der Waals surface area contributed by atoms with E-state index in [0.717, 1.165) is 12.5 Å². The molecule has 1 aliphatic rings. The highest BCUT2D eigenvalue weighted by Gasteiger charge is 2.22. The molecular formula is C24H31FN4O2. The van der Waals surface area contributed by atoms with E-state index in [-0.39, 0.29) is 17.5 Å². The SMILES string of the molecule is CCNC(=NCCCC(=O)N1Cc2ccccc2C1)N(C)CCOc1ccccc1F. The van der Waals surface area contributed by atoms with Crippen molar-refractivity contribution in [2.45, 2.75) is 32.9 Å². The lowest BCUT2D eigenvalue weighted by Gasteiger charge is -2.22. The maximum Gasteiger partial charge on any atom is 0.223 e. The van der Waals surface area contributed by atoms with Gasteiger partial charge in [-0.1, -0.05) is 36.4 Å². The number of hydrogen-bond acceptors (Lipinski definition) is 3. The van der Waals surface area contributed by atoms with Crippen LogP contribution in [0.15, 0.2) is 53.5 Å². The van der Waals surface area contributed by atoms with Crippen molar-refractivity contribution >= 4 is 11.9 Å². The molecule has 6 nitrogen and oxygen atoms in total. The van der Waals surface area contributed by atoms with Crippen LogP contribution in [0.25, 0.3) is 0 Å². The quantitative estimate of drug-likeness (QED) is 0.379. The highest BCUT2D eigenvalue weighted by molar-refractivity contribution is 5.80. The van der Waals surface area contributed by atoms with Crippen molar-refractivity contribution in [1.82, 2.24) is 15.1 Å². The number of fused-ring (bicyclic) bond motifs is 1. The molecule has 1 N–H and O–H groups in total. The second-order valence-corrected chi connectivity index (χ2v) is 7.56. The average molecular weight is 427 g/mol. The molecule has 0 atom stereocenters. The summed E-state index contributed by atoms with van der Waals surface area (Å²) >= 11 is 0. The molecule has 31 heavy (non-hydrogen) atoms. The van der Waals surface area contributed by atoms with Crippen LogP contribution in [0.1, 0.15) is 30.9 Å². The number of likely N-dealkylation sites (N-methyl/N-ethyl adjacent to an activating group) is 1. The van der Waals surface area contributed by atoms with E-state index in [4.69, 9.17) is 4.74 Å². The van der Waals surface area contributed by atoms with E-state index < -0.39 is 0 Å². The number of ether oxygens (including phenoxy) is 1. The summed E-state index contributed by atoms with van der Waals surface area (Å²) in [7, 11) is 1.92. The first-order valence-electron chi connectivity index (χ1n) is 10.8. The number of para-hydroxylation sites is 1. The normalized spacial score (nSPS) is 13.1. The lowest BCUT2D eigenvalue weighted by Crippen LogP contribution is -2.41. The molecule has 0 radical (unpaired) electrons. The van der Waals surface area contributed by atoms with Crippen LogP contribution in [-0.2, 0) is 17.9 Å². The topological polar surface area (TPSA) is 57.2 Å². The largest absolute Gasteiger partial charge is 0.489 e. The van der Waals surface area contributed by atoms with Crippen LogP contribution in [-0.4, -0.2) is 55.0 Å². The van der Waals surface area contributed by atoms with Gasteiger partial charge in [0.05, 0.1) is 6.54 Å². The molecule has 0 spiro atoms. The summed E-state index contributed by atoms with van der Waals surface area (Å²) in [6.45, 7) is 5.61. The Morgan fingerprint density at radius 1 is 1.16 bits per heavy atom. The zero-order valence-corrected chi connectivity index (χ0v) is 18.3. The van der Waals surface area contributed by atoms with E-state index >= 15 is 0 Å². The summed E-state index contributed by atoms with van der Waals surface area (Å²) in [5.74, 6) is 0.806. The molecule has 3 rings (SSSR count). The van der Waals surface area contributed by atoms with Crippen LogP contribution in [0.5, 0.6) is 5.75 Å². The molecule has 1 heterocycles. The number of benzene rings is 2. The number of nitrogens with zero attached hydrogens (tertiary/aromatic N) is 3. The Balaban J connectivity index is 1.41. The summed E-state index contributed by atoms with van der Waals surface area (Å²) in [5.41, 5.74) is 2.48. The van der Waals surface area contributed by atoms with Gasteiger partial charge >= 0.3 is 0 Å². The van der Waals surface area contributed by atoms with E-state index in [1.807, 2.05) is 35.9 Å². The molecule has 0 bridgehead atoms. The van der Waals surface area contributed by atoms with Gasteiger partial charge < -0.3 is 19.9 Å². The molecule has 7 heteroatoms. The number of amides is 1. The Hall–Kier alpha value is -3.09. The highest BCUT2D eigenvalue weighted by atomic mass is 19.1. The van der Waals surface area contributed by atoms with Crippen LogP contribution in [0.4, 0.5) is 4.39 Å². The van der Waals surface area contributed by atoms with Crippen molar-refractivity contribution in [2.24, 2.45) is 4.99 Å². The fourth-order valence-electron chi connectivity index (χ4n) is 3.51. The highest BCUT2D eigenvalue weighted by Crippen LogP contribution is 2.23. The Morgan fingerprint density at radius 2 is 1.84 bits per heavy atom. The standard InChI is InChI=1S/C24H31FN4O2/c1-3-26-24(28(2)15-16-31-22-12-7-6-11-21(22)25)27-14-8-13-23(30)29-17-19-9-4-5-10-20(19)18-29/h4-7,9-12H,3,8,13-18H2,1-2H3,(H,26,27). The number of guanidine groups is 1. The zero-order valence-electron chi connectivity index (χ0n) is 18.3. The molecule has 2 aromatic carbocycles. The van der Waals surface area contributed by atoms with Gasteiger partial charge in [0.15, 0.2) is 17.5 Å². The molecule has 0 aliphatic carbocycles. The minimum atomic E-state index is -0.364. The number of carbonyl (C=O) groups excluding carboxylic acids is 1.